The summed E-state index contributed by atoms with van der Waals surface area (Å²) in [5.41, 5.74) is 0.606. The van der Waals surface area contributed by atoms with E-state index < -0.39 is 37.3 Å². The summed E-state index contributed by atoms with van der Waals surface area (Å²) >= 11 is 1.64. The van der Waals surface area contributed by atoms with Crippen LogP contribution in [0.5, 0.6) is 17.2 Å². The molecule has 0 radical (unpaired) electrons. The maximum absolute atomic E-state index is 11.1. The van der Waals surface area contributed by atoms with Crippen LogP contribution in [0.2, 0.25) is 0 Å². The fourth-order valence-corrected chi connectivity index (χ4v) is 2.73. The quantitative estimate of drug-likeness (QED) is 0.231. The summed E-state index contributed by atoms with van der Waals surface area (Å²) in [5.74, 6) is 0.543. The Hall–Kier alpha value is -1.44. The van der Waals surface area contributed by atoms with Crippen LogP contribution in [-0.4, -0.2) is 75.7 Å². The van der Waals surface area contributed by atoms with E-state index in [4.69, 9.17) is 18.9 Å². The highest BCUT2D eigenvalue weighted by Gasteiger charge is 2.45. The number of hydrogen-bond acceptors (Lipinski definition) is 9. The predicted octanol–water partition coefficient (Wildman–Crippen LogP) is -0.143. The molecule has 1 aromatic rings. The Morgan fingerprint density at radius 3 is 2.22 bits per heavy atom. The van der Waals surface area contributed by atoms with Crippen molar-refractivity contribution >= 4 is 32.5 Å². The summed E-state index contributed by atoms with van der Waals surface area (Å²) in [7, 11) is 2.79. The highest BCUT2D eigenvalue weighted by Crippen LogP contribution is 2.40. The highest BCUT2D eigenvalue weighted by molar-refractivity contribution is 14.1. The summed E-state index contributed by atoms with van der Waals surface area (Å²) in [4.78, 5) is 11.1. The maximum Gasteiger partial charge on any atom is 0.229 e. The molecular formula is C17H21IO9. The molecular weight excluding hydrogens is 475 g/mol. The van der Waals surface area contributed by atoms with Gasteiger partial charge in [-0.05, 0) is 23.8 Å². The first kappa shape index (κ1) is 21.9. The van der Waals surface area contributed by atoms with Crippen molar-refractivity contribution in [2.75, 3.05) is 20.8 Å². The van der Waals surface area contributed by atoms with Crippen molar-refractivity contribution < 1.29 is 44.2 Å². The number of halogens is 1. The highest BCUT2D eigenvalue weighted by atomic mass is 127. The van der Waals surface area contributed by atoms with Crippen LogP contribution < -0.4 is 14.2 Å². The second-order valence-corrected chi connectivity index (χ2v) is 6.77. The average Bonchev–Trinajstić information content (AvgIpc) is 2.66. The van der Waals surface area contributed by atoms with Crippen LogP contribution in [0.25, 0.3) is 6.08 Å². The van der Waals surface area contributed by atoms with Gasteiger partial charge >= 0.3 is 0 Å². The number of carbonyl (C=O) groups is 1. The number of benzene rings is 1. The Bertz CT molecular complexity index is 666. The number of rotatable bonds is 7. The van der Waals surface area contributed by atoms with Gasteiger partial charge in [0.05, 0.1) is 20.8 Å². The zero-order valence-corrected chi connectivity index (χ0v) is 16.8. The van der Waals surface area contributed by atoms with Crippen LogP contribution in [0.1, 0.15) is 5.56 Å². The van der Waals surface area contributed by atoms with Crippen molar-refractivity contribution in [3.63, 3.8) is 0 Å². The van der Waals surface area contributed by atoms with E-state index in [1.165, 1.54) is 20.3 Å². The van der Waals surface area contributed by atoms with Gasteiger partial charge in [0, 0.05) is 22.6 Å². The van der Waals surface area contributed by atoms with Crippen LogP contribution in [-0.2, 0) is 9.53 Å². The predicted molar refractivity (Wildman–Crippen MR) is 102 cm³/mol. The zero-order valence-electron chi connectivity index (χ0n) is 14.6. The summed E-state index contributed by atoms with van der Waals surface area (Å²) < 4.78 is 21.4. The molecule has 1 heterocycles. The Balaban J connectivity index is 2.35. The van der Waals surface area contributed by atoms with Crippen LogP contribution in [0.3, 0.4) is 0 Å². The number of methoxy groups -OCH3 is 2. The van der Waals surface area contributed by atoms with E-state index in [9.17, 15) is 25.2 Å². The molecule has 0 saturated carbocycles. The van der Waals surface area contributed by atoms with Gasteiger partial charge in [-0.25, -0.2) is 0 Å². The lowest BCUT2D eigenvalue weighted by molar-refractivity contribution is -0.277. The van der Waals surface area contributed by atoms with E-state index in [2.05, 4.69) is 0 Å². The molecule has 4 N–H and O–H groups in total. The minimum Gasteiger partial charge on any atom is -0.493 e. The molecule has 0 amide bonds. The van der Waals surface area contributed by atoms with E-state index in [-0.39, 0.29) is 21.0 Å². The molecule has 1 aromatic carbocycles. The number of aliphatic hydroxyl groups excluding tert-OH is 4. The topological polar surface area (TPSA) is 135 Å². The third kappa shape index (κ3) is 5.09. The molecule has 10 heteroatoms. The molecule has 1 aliphatic heterocycles. The van der Waals surface area contributed by atoms with Gasteiger partial charge in [-0.2, -0.15) is 0 Å². The van der Waals surface area contributed by atoms with Gasteiger partial charge in [0.1, 0.15) is 24.4 Å². The summed E-state index contributed by atoms with van der Waals surface area (Å²) in [6.45, 7) is -0.576. The van der Waals surface area contributed by atoms with E-state index in [0.29, 0.717) is 5.56 Å². The van der Waals surface area contributed by atoms with Crippen LogP contribution in [0, 0.1) is 0 Å². The Morgan fingerprint density at radius 2 is 1.74 bits per heavy atom. The van der Waals surface area contributed by atoms with Crippen molar-refractivity contribution in [3.8, 4) is 17.2 Å². The van der Waals surface area contributed by atoms with Crippen LogP contribution >= 0.6 is 22.6 Å². The molecule has 0 bridgehead atoms. The molecule has 9 nitrogen and oxygen atoms in total. The Kier molecular flexibility index (Phi) is 7.82. The lowest BCUT2D eigenvalue weighted by atomic mass is 9.99. The second-order valence-electron chi connectivity index (χ2n) is 5.71. The molecule has 150 valence electrons. The number of allylic oxidation sites excluding steroid dienone is 1. The van der Waals surface area contributed by atoms with Crippen molar-refractivity contribution in [1.82, 2.24) is 0 Å². The van der Waals surface area contributed by atoms with E-state index in [0.717, 1.165) is 0 Å². The second kappa shape index (κ2) is 9.66. The lowest BCUT2D eigenvalue weighted by Gasteiger charge is -2.39. The molecule has 0 unspecified atom stereocenters. The smallest absolute Gasteiger partial charge is 0.229 e. The molecule has 27 heavy (non-hydrogen) atoms. The van der Waals surface area contributed by atoms with Crippen molar-refractivity contribution in [3.05, 3.63) is 23.8 Å². The molecule has 1 aliphatic rings. The molecule has 5 atom stereocenters. The first-order valence-corrected chi connectivity index (χ1v) is 9.01. The first-order chi connectivity index (χ1) is 12.8. The van der Waals surface area contributed by atoms with Gasteiger partial charge in [0.15, 0.2) is 11.5 Å². The third-order valence-corrected chi connectivity index (χ3v) is 4.33. The summed E-state index contributed by atoms with van der Waals surface area (Å²) in [5, 5.41) is 39.1. The molecule has 0 spiro atoms. The Morgan fingerprint density at radius 1 is 1.15 bits per heavy atom. The minimum atomic E-state index is -1.58. The standard InChI is InChI=1S/C17H21IO9/c1-24-9-5-8(3-4-12(18)20)6-10(25-2)16(9)27-17-15(23)14(22)13(21)11(7-19)26-17/h3-6,11,13-15,17,19,21-23H,7H2,1-2H3/b4-3+/t11-,13-,14+,15+,17+/m1/s1. The first-order valence-electron chi connectivity index (χ1n) is 7.93. The van der Waals surface area contributed by atoms with Crippen molar-refractivity contribution in [1.29, 1.82) is 0 Å². The lowest BCUT2D eigenvalue weighted by Crippen LogP contribution is -2.60. The third-order valence-electron chi connectivity index (χ3n) is 3.97. The fraction of sp³-hybridized carbons (Fsp3) is 0.471. The maximum atomic E-state index is 11.1. The number of carbonyl (C=O) groups excluding carboxylic acids is 1. The van der Waals surface area contributed by atoms with E-state index in [1.807, 2.05) is 0 Å². The van der Waals surface area contributed by atoms with Crippen molar-refractivity contribution in [2.24, 2.45) is 0 Å². The van der Waals surface area contributed by atoms with Gasteiger partial charge < -0.3 is 39.4 Å². The minimum absolute atomic E-state index is 0.0854. The van der Waals surface area contributed by atoms with Crippen molar-refractivity contribution in [2.45, 2.75) is 30.7 Å². The largest absolute Gasteiger partial charge is 0.493 e. The monoisotopic (exact) mass is 496 g/mol. The molecule has 0 aromatic heterocycles. The summed E-state index contributed by atoms with van der Waals surface area (Å²) in [6, 6.07) is 3.16. The van der Waals surface area contributed by atoms with Gasteiger partial charge in [-0.15, -0.1) is 0 Å². The molecule has 1 fully saturated rings. The zero-order chi connectivity index (χ0) is 20.1. The number of aliphatic hydroxyl groups is 4. The van der Waals surface area contributed by atoms with Gasteiger partial charge in [-0.1, -0.05) is 6.08 Å². The number of ether oxygens (including phenoxy) is 4. The van der Waals surface area contributed by atoms with Gasteiger partial charge in [-0.3, -0.25) is 4.79 Å². The Labute approximate surface area is 169 Å². The van der Waals surface area contributed by atoms with Gasteiger partial charge in [0.2, 0.25) is 15.8 Å². The molecule has 0 aliphatic carbocycles. The average molecular weight is 496 g/mol. The normalized spacial score (nSPS) is 28.2. The molecule has 2 rings (SSSR count). The van der Waals surface area contributed by atoms with E-state index >= 15 is 0 Å². The van der Waals surface area contributed by atoms with Crippen LogP contribution in [0.4, 0.5) is 0 Å². The molecule has 1 saturated heterocycles. The number of hydrogen-bond donors (Lipinski definition) is 4. The van der Waals surface area contributed by atoms with Crippen LogP contribution in [0.15, 0.2) is 18.2 Å². The summed E-state index contributed by atoms with van der Waals surface area (Å²) in [6.07, 6.45) is -4.21. The fourth-order valence-electron chi connectivity index (χ4n) is 2.56. The SMILES string of the molecule is COc1cc(/C=C/C(=O)I)cc(OC)c1O[C@@H]1O[C@H](CO)[C@@H](O)[C@H](O)[C@@H]1O. The van der Waals surface area contributed by atoms with E-state index in [1.54, 1.807) is 40.8 Å². The van der Waals surface area contributed by atoms with Gasteiger partial charge in [0.25, 0.3) is 0 Å².